The summed E-state index contributed by atoms with van der Waals surface area (Å²) in [5, 5.41) is 14.4. The maximum absolute atomic E-state index is 14.4. The van der Waals surface area contributed by atoms with Crippen molar-refractivity contribution < 1.29 is 19.3 Å². The first kappa shape index (κ1) is 23.9. The second-order valence-electron chi connectivity index (χ2n) is 9.59. The summed E-state index contributed by atoms with van der Waals surface area (Å²) in [6.45, 7) is 1.42. The molecule has 10 nitrogen and oxygen atoms in total. The van der Waals surface area contributed by atoms with E-state index in [4.69, 9.17) is 11.6 Å². The largest absolute Gasteiger partial charge is 0.368 e. The van der Waals surface area contributed by atoms with Crippen LogP contribution in [0.1, 0.15) is 5.56 Å². The van der Waals surface area contributed by atoms with E-state index in [9.17, 15) is 24.5 Å². The van der Waals surface area contributed by atoms with Crippen LogP contribution in [0.3, 0.4) is 0 Å². The number of piperazine rings is 1. The van der Waals surface area contributed by atoms with Crippen molar-refractivity contribution in [1.82, 2.24) is 5.32 Å². The van der Waals surface area contributed by atoms with Crippen molar-refractivity contribution in [2.45, 2.75) is 12.5 Å². The van der Waals surface area contributed by atoms with Crippen LogP contribution >= 0.6 is 11.6 Å². The number of benzene rings is 3. The molecule has 0 radical (unpaired) electrons. The molecule has 6 rings (SSSR count). The van der Waals surface area contributed by atoms with Crippen LogP contribution in [0.25, 0.3) is 0 Å². The number of rotatable bonds is 3. The summed E-state index contributed by atoms with van der Waals surface area (Å²) < 4.78 is 0. The number of urea groups is 1. The number of nitrogens with zero attached hydrogens (tertiary/aromatic N) is 4. The topological polar surface area (TPSA) is 116 Å². The Kier molecular flexibility index (Phi) is 5.57. The number of fused-ring (bicyclic) bond motifs is 4. The number of non-ortho nitro benzene ring substituents is 1. The summed E-state index contributed by atoms with van der Waals surface area (Å²) in [4.78, 5) is 57.2. The minimum atomic E-state index is -1.71. The van der Waals surface area contributed by atoms with Gasteiger partial charge < -0.3 is 9.80 Å². The molecule has 2 fully saturated rings. The summed E-state index contributed by atoms with van der Waals surface area (Å²) >= 11 is 6.03. The molecule has 2 atom stereocenters. The van der Waals surface area contributed by atoms with E-state index < -0.39 is 34.2 Å². The Balaban J connectivity index is 1.50. The van der Waals surface area contributed by atoms with Crippen LogP contribution in [0, 0.1) is 15.5 Å². The summed E-state index contributed by atoms with van der Waals surface area (Å²) in [6.07, 6.45) is -0.0875. The van der Waals surface area contributed by atoms with Gasteiger partial charge in [-0.15, -0.1) is 0 Å². The van der Waals surface area contributed by atoms with E-state index in [0.29, 0.717) is 30.2 Å². The van der Waals surface area contributed by atoms with Gasteiger partial charge in [0.25, 0.3) is 11.6 Å². The van der Waals surface area contributed by atoms with Crippen molar-refractivity contribution >= 4 is 52.2 Å². The molecule has 3 aliphatic rings. The highest BCUT2D eigenvalue weighted by atomic mass is 35.5. The molecular formula is C27H22ClN5O5. The quantitative estimate of drug-likeness (QED) is 0.311. The van der Waals surface area contributed by atoms with Gasteiger partial charge in [-0.1, -0.05) is 29.8 Å². The lowest BCUT2D eigenvalue weighted by Crippen LogP contribution is -2.75. The Morgan fingerprint density at radius 1 is 0.947 bits per heavy atom. The lowest BCUT2D eigenvalue weighted by molar-refractivity contribution is -0.384. The summed E-state index contributed by atoms with van der Waals surface area (Å²) in [6, 6.07) is 18.9. The number of imide groups is 2. The fourth-order valence-corrected chi connectivity index (χ4v) is 5.95. The summed E-state index contributed by atoms with van der Waals surface area (Å²) in [5.41, 5.74) is 0.645. The van der Waals surface area contributed by atoms with E-state index in [1.54, 1.807) is 30.3 Å². The van der Waals surface area contributed by atoms with Crippen molar-refractivity contribution in [2.75, 3.05) is 34.3 Å². The molecule has 192 valence electrons. The van der Waals surface area contributed by atoms with Gasteiger partial charge in [0.15, 0.2) is 5.41 Å². The average molecular weight is 532 g/mol. The lowest BCUT2D eigenvalue weighted by Gasteiger charge is -2.55. The molecule has 0 aliphatic carbocycles. The molecule has 0 saturated carbocycles. The van der Waals surface area contributed by atoms with Crippen molar-refractivity contribution in [3.63, 3.8) is 0 Å². The van der Waals surface area contributed by atoms with E-state index in [-0.39, 0.29) is 17.8 Å². The number of hydrogen-bond acceptors (Lipinski definition) is 7. The Labute approximate surface area is 222 Å². The minimum absolute atomic E-state index is 0.0875. The predicted octanol–water partition coefficient (Wildman–Crippen LogP) is 3.77. The molecule has 3 aliphatic heterocycles. The molecule has 4 amide bonds. The van der Waals surface area contributed by atoms with Crippen LogP contribution in [0.4, 0.5) is 27.5 Å². The van der Waals surface area contributed by atoms with Gasteiger partial charge in [0.05, 0.1) is 16.7 Å². The van der Waals surface area contributed by atoms with E-state index in [1.165, 1.54) is 12.1 Å². The van der Waals surface area contributed by atoms with Crippen molar-refractivity contribution in [3.05, 3.63) is 93.5 Å². The zero-order chi connectivity index (χ0) is 26.6. The highest BCUT2D eigenvalue weighted by molar-refractivity contribution is 6.32. The van der Waals surface area contributed by atoms with Crippen LogP contribution in [0.5, 0.6) is 0 Å². The van der Waals surface area contributed by atoms with E-state index in [2.05, 4.69) is 10.2 Å². The molecule has 3 aromatic rings. The number of nitro benzene ring substituents is 1. The molecular weight excluding hydrogens is 510 g/mol. The molecule has 11 heteroatoms. The van der Waals surface area contributed by atoms with E-state index in [0.717, 1.165) is 16.3 Å². The van der Waals surface area contributed by atoms with Crippen LogP contribution in [-0.2, 0) is 16.0 Å². The van der Waals surface area contributed by atoms with Gasteiger partial charge in [0, 0.05) is 54.6 Å². The van der Waals surface area contributed by atoms with Gasteiger partial charge in [-0.05, 0) is 48.0 Å². The number of para-hydroxylation sites is 1. The minimum Gasteiger partial charge on any atom is -0.368 e. The fraction of sp³-hybridized carbons (Fsp3) is 0.222. The van der Waals surface area contributed by atoms with Crippen LogP contribution in [0.2, 0.25) is 5.02 Å². The van der Waals surface area contributed by atoms with Crippen LogP contribution in [0.15, 0.2) is 72.8 Å². The second kappa shape index (κ2) is 8.84. The predicted molar refractivity (Wildman–Crippen MR) is 141 cm³/mol. The molecule has 3 aromatic carbocycles. The van der Waals surface area contributed by atoms with E-state index >= 15 is 0 Å². The maximum atomic E-state index is 14.4. The maximum Gasteiger partial charge on any atom is 0.335 e. The van der Waals surface area contributed by atoms with Crippen molar-refractivity contribution in [2.24, 2.45) is 5.41 Å². The molecule has 3 heterocycles. The van der Waals surface area contributed by atoms with Crippen LogP contribution < -0.4 is 20.0 Å². The number of barbiturate groups is 1. The summed E-state index contributed by atoms with van der Waals surface area (Å²) in [5.74, 6) is -1.38. The first-order valence-electron chi connectivity index (χ1n) is 12.1. The summed E-state index contributed by atoms with van der Waals surface area (Å²) in [7, 11) is 0. The first-order valence-corrected chi connectivity index (χ1v) is 12.5. The lowest BCUT2D eigenvalue weighted by atomic mass is 9.67. The SMILES string of the molecule is O=C1NC(=O)[C@@]2(Cc3cc([N+](=O)[O-])ccc3N3CCN(c4ccccc4)C[C@@H]32)C(=O)N1c1ccc(Cl)cc1. The number of nitro groups is 1. The third-order valence-electron chi connectivity index (χ3n) is 7.62. The van der Waals surface area contributed by atoms with Gasteiger partial charge in [-0.2, -0.15) is 0 Å². The Morgan fingerprint density at radius 2 is 1.68 bits per heavy atom. The number of anilines is 3. The van der Waals surface area contributed by atoms with Gasteiger partial charge in [-0.3, -0.25) is 25.0 Å². The molecule has 0 unspecified atom stereocenters. The number of carbonyl (C=O) groups excluding carboxylic acids is 3. The Hall–Kier alpha value is -4.44. The molecule has 2 saturated heterocycles. The van der Waals surface area contributed by atoms with Gasteiger partial charge in [-0.25, -0.2) is 9.69 Å². The Morgan fingerprint density at radius 3 is 2.39 bits per heavy atom. The molecule has 0 aromatic heterocycles. The standard InChI is InChI=1S/C27H22ClN5O5/c28-18-6-8-20(9-7-18)32-25(35)27(24(34)29-26(32)36)15-17-14-21(33(37)38)10-11-22(17)31-13-12-30(16-23(27)31)19-4-2-1-3-5-19/h1-11,14,23H,12-13,15-16H2,(H,29,34,36)/t23-,27+/m1/s1. The molecule has 38 heavy (non-hydrogen) atoms. The number of nitrogens with one attached hydrogen (secondary N) is 1. The monoisotopic (exact) mass is 531 g/mol. The molecule has 1 N–H and O–H groups in total. The second-order valence-corrected chi connectivity index (χ2v) is 10.0. The number of carbonyl (C=O) groups is 3. The van der Waals surface area contributed by atoms with Gasteiger partial charge >= 0.3 is 6.03 Å². The number of halogens is 1. The first-order chi connectivity index (χ1) is 18.3. The van der Waals surface area contributed by atoms with Crippen molar-refractivity contribution in [3.8, 4) is 0 Å². The smallest absolute Gasteiger partial charge is 0.335 e. The van der Waals surface area contributed by atoms with E-state index in [1.807, 2.05) is 35.2 Å². The van der Waals surface area contributed by atoms with Gasteiger partial charge in [0.2, 0.25) is 5.91 Å². The van der Waals surface area contributed by atoms with Crippen molar-refractivity contribution in [1.29, 1.82) is 0 Å². The average Bonchev–Trinajstić information content (AvgIpc) is 2.92. The normalized spacial score (nSPS) is 22.7. The third-order valence-corrected chi connectivity index (χ3v) is 7.87. The third kappa shape index (κ3) is 3.59. The number of hydrogen-bond donors (Lipinski definition) is 1. The zero-order valence-corrected chi connectivity index (χ0v) is 20.8. The number of amides is 4. The highest BCUT2D eigenvalue weighted by Gasteiger charge is 2.63. The highest BCUT2D eigenvalue weighted by Crippen LogP contribution is 2.47. The Bertz CT molecular complexity index is 1480. The van der Waals surface area contributed by atoms with Gasteiger partial charge in [0.1, 0.15) is 0 Å². The fourth-order valence-electron chi connectivity index (χ4n) is 5.82. The molecule has 0 bridgehead atoms. The zero-order valence-electron chi connectivity index (χ0n) is 20.0. The molecule has 1 spiro atoms. The van der Waals surface area contributed by atoms with Crippen LogP contribution in [-0.4, -0.2) is 48.4 Å².